The van der Waals surface area contributed by atoms with Crippen LogP contribution in [-0.4, -0.2) is 9.29 Å². The van der Waals surface area contributed by atoms with E-state index < -0.39 is 31.0 Å². The molecular formula is C10H11ClF3IO. The number of hydrogen-bond donors (Lipinski definition) is 1. The van der Waals surface area contributed by atoms with Crippen LogP contribution in [0.2, 0.25) is 0 Å². The summed E-state index contributed by atoms with van der Waals surface area (Å²) in [6.07, 6.45) is 0. The molecule has 0 unspecified atom stereocenters. The monoisotopic (exact) mass is 366 g/mol. The van der Waals surface area contributed by atoms with Crippen molar-refractivity contribution in [2.24, 2.45) is 0 Å². The van der Waals surface area contributed by atoms with E-state index in [1.807, 2.05) is 0 Å². The van der Waals surface area contributed by atoms with Crippen molar-refractivity contribution in [3.63, 3.8) is 0 Å². The Kier molecular flexibility index (Phi) is 5.55. The summed E-state index contributed by atoms with van der Waals surface area (Å²) in [5, 5.41) is 9.72. The highest BCUT2D eigenvalue weighted by Crippen LogP contribution is 2.18. The van der Waals surface area contributed by atoms with E-state index in [-0.39, 0.29) is 16.0 Å². The molecule has 1 rings (SSSR count). The highest BCUT2D eigenvalue weighted by Gasteiger charge is 2.49. The molecule has 6 heteroatoms. The third kappa shape index (κ3) is 4.88. The Balaban J connectivity index is 0.00000225. The molecule has 0 saturated carbocycles. The minimum Gasteiger partial charge on any atom is -1.00 e. The van der Waals surface area contributed by atoms with Gasteiger partial charge in [0.1, 0.15) is 0 Å². The van der Waals surface area contributed by atoms with E-state index in [1.54, 1.807) is 18.2 Å². The molecule has 0 saturated heterocycles. The smallest absolute Gasteiger partial charge is 0.609 e. The molecule has 0 aliphatic rings. The molecule has 0 radical (unpaired) electrons. The van der Waals surface area contributed by atoms with Crippen molar-refractivity contribution in [1.82, 2.24) is 0 Å². The second-order valence-electron chi connectivity index (χ2n) is 3.56. The minimum absolute atomic E-state index is 0. The van der Waals surface area contributed by atoms with Crippen molar-refractivity contribution in [3.05, 3.63) is 33.4 Å². The number of hydrogen-bond acceptors (Lipinski definition) is 1. The van der Waals surface area contributed by atoms with Crippen LogP contribution in [0.4, 0.5) is 13.2 Å². The number of aliphatic hydroxyl groups is 1. The maximum atomic E-state index is 12.3. The summed E-state index contributed by atoms with van der Waals surface area (Å²) >= 11 is -2.06. The largest absolute Gasteiger partial charge is 1.00 e. The van der Waals surface area contributed by atoms with Crippen LogP contribution in [0.3, 0.4) is 0 Å². The van der Waals surface area contributed by atoms with Crippen LogP contribution in [0.25, 0.3) is 0 Å². The third-order valence-electron chi connectivity index (χ3n) is 1.74. The Morgan fingerprint density at radius 3 is 2.06 bits per heavy atom. The molecule has 1 aromatic rings. The molecule has 1 nitrogen and oxygen atoms in total. The molecule has 0 aliphatic carbocycles. The molecule has 0 fully saturated rings. The second-order valence-corrected chi connectivity index (χ2v) is 6.49. The molecule has 0 heterocycles. The lowest BCUT2D eigenvalue weighted by atomic mass is 9.99. The molecule has 0 amide bonds. The second kappa shape index (κ2) is 5.55. The SMILES string of the molecule is CC(C)(O)c1ccccc1[I+]C(F)(F)F.[Cl-]. The predicted octanol–water partition coefficient (Wildman–Crippen LogP) is -3.30. The maximum absolute atomic E-state index is 12.3. The van der Waals surface area contributed by atoms with Crippen LogP contribution in [0.5, 0.6) is 0 Å². The zero-order chi connectivity index (χ0) is 11.7. The number of benzene rings is 1. The van der Waals surface area contributed by atoms with Crippen LogP contribution in [0.1, 0.15) is 19.4 Å². The lowest BCUT2D eigenvalue weighted by Gasteiger charge is -2.16. The fraction of sp³-hybridized carbons (Fsp3) is 0.400. The molecule has 92 valence electrons. The molecule has 0 aliphatic heterocycles. The molecular weight excluding hydrogens is 355 g/mol. The fourth-order valence-corrected chi connectivity index (χ4v) is 3.33. The van der Waals surface area contributed by atoms with Crippen LogP contribution in [-0.2, 0) is 5.60 Å². The van der Waals surface area contributed by atoms with Gasteiger partial charge in [-0.1, -0.05) is 18.2 Å². The zero-order valence-corrected chi connectivity index (χ0v) is 11.6. The molecule has 0 aromatic heterocycles. The molecule has 0 bridgehead atoms. The van der Waals surface area contributed by atoms with Crippen LogP contribution < -0.4 is 33.6 Å². The van der Waals surface area contributed by atoms with E-state index >= 15 is 0 Å². The molecule has 1 N–H and O–H groups in total. The van der Waals surface area contributed by atoms with Crippen molar-refractivity contribution in [1.29, 1.82) is 0 Å². The van der Waals surface area contributed by atoms with Crippen LogP contribution >= 0.6 is 0 Å². The van der Waals surface area contributed by atoms with E-state index in [0.717, 1.165) is 0 Å². The van der Waals surface area contributed by atoms with Gasteiger partial charge in [-0.2, -0.15) is 0 Å². The fourth-order valence-electron chi connectivity index (χ4n) is 1.16. The predicted molar refractivity (Wildman–Crippen MR) is 46.4 cm³/mol. The highest BCUT2D eigenvalue weighted by molar-refractivity contribution is 5.19. The summed E-state index contributed by atoms with van der Waals surface area (Å²) in [6.45, 7) is 2.98. The third-order valence-corrected chi connectivity index (χ3v) is 3.88. The summed E-state index contributed by atoms with van der Waals surface area (Å²) in [7, 11) is 0. The van der Waals surface area contributed by atoms with Gasteiger partial charge in [0.25, 0.3) is 0 Å². The number of rotatable bonds is 2. The van der Waals surface area contributed by atoms with Crippen molar-refractivity contribution in [3.8, 4) is 0 Å². The van der Waals surface area contributed by atoms with Crippen molar-refractivity contribution < 1.29 is 51.9 Å². The summed E-state index contributed by atoms with van der Waals surface area (Å²) in [6, 6.07) is 6.18. The van der Waals surface area contributed by atoms with Gasteiger partial charge in [-0.3, -0.25) is 0 Å². The van der Waals surface area contributed by atoms with Gasteiger partial charge >= 0.3 is 25.4 Å². The minimum atomic E-state index is -4.14. The van der Waals surface area contributed by atoms with Gasteiger partial charge in [0, 0.05) is 5.56 Å². The van der Waals surface area contributed by atoms with E-state index in [9.17, 15) is 18.3 Å². The molecule has 0 spiro atoms. The first-order valence-corrected chi connectivity index (χ1v) is 6.40. The topological polar surface area (TPSA) is 20.2 Å². The molecule has 1 aromatic carbocycles. The summed E-state index contributed by atoms with van der Waals surface area (Å²) in [5.74, 6) is 0. The quantitative estimate of drug-likeness (QED) is 0.430. The van der Waals surface area contributed by atoms with Crippen molar-refractivity contribution in [2.75, 3.05) is 0 Å². The lowest BCUT2D eigenvalue weighted by molar-refractivity contribution is -0.793. The first kappa shape index (κ1) is 16.0. The average Bonchev–Trinajstić information content (AvgIpc) is 1.99. The summed E-state index contributed by atoms with van der Waals surface area (Å²) < 4.78 is 32.9. The van der Waals surface area contributed by atoms with Gasteiger partial charge in [0.15, 0.2) is 0 Å². The Hall–Kier alpha value is -0.0100. The summed E-state index contributed by atoms with van der Waals surface area (Å²) in [4.78, 5) is 0. The Morgan fingerprint density at radius 2 is 1.62 bits per heavy atom. The van der Waals surface area contributed by atoms with Crippen molar-refractivity contribution >= 4 is 0 Å². The summed E-state index contributed by atoms with van der Waals surface area (Å²) in [5.41, 5.74) is -0.850. The van der Waals surface area contributed by atoms with Crippen LogP contribution in [0, 0.1) is 3.57 Å². The first-order valence-electron chi connectivity index (χ1n) is 4.25. The van der Waals surface area contributed by atoms with Gasteiger partial charge in [0.2, 0.25) is 3.57 Å². The zero-order valence-electron chi connectivity index (χ0n) is 8.65. The van der Waals surface area contributed by atoms with E-state index in [2.05, 4.69) is 0 Å². The number of alkyl halides is 4. The van der Waals surface area contributed by atoms with E-state index in [1.165, 1.54) is 19.9 Å². The van der Waals surface area contributed by atoms with Gasteiger partial charge in [-0.15, -0.1) is 13.2 Å². The highest BCUT2D eigenvalue weighted by atomic mass is 127. The maximum Gasteiger partial charge on any atom is 0.609 e. The Bertz CT molecular complexity index is 347. The van der Waals surface area contributed by atoms with E-state index in [0.29, 0.717) is 5.56 Å². The standard InChI is InChI=1S/C10H11F3IO.ClH/c1-9(2,15)7-5-3-4-6-8(7)14-10(11,12)13;/h3-6,15H,1-2H3;1H/q+1;/p-1. The normalized spacial score (nSPS) is 12.1. The first-order chi connectivity index (χ1) is 6.70. The lowest BCUT2D eigenvalue weighted by Crippen LogP contribution is -3.67. The van der Waals surface area contributed by atoms with Gasteiger partial charge in [-0.05, 0) is 19.9 Å². The molecule has 0 atom stereocenters. The average molecular weight is 367 g/mol. The van der Waals surface area contributed by atoms with Gasteiger partial charge in [-0.25, -0.2) is 0 Å². The number of halogens is 5. The van der Waals surface area contributed by atoms with Gasteiger partial charge < -0.3 is 17.5 Å². The Labute approximate surface area is 109 Å². The molecule has 16 heavy (non-hydrogen) atoms. The van der Waals surface area contributed by atoms with Crippen LogP contribution in [0.15, 0.2) is 24.3 Å². The van der Waals surface area contributed by atoms with E-state index in [4.69, 9.17) is 0 Å². The van der Waals surface area contributed by atoms with Gasteiger partial charge in [0.05, 0.1) is 5.60 Å². The van der Waals surface area contributed by atoms with Crippen molar-refractivity contribution in [2.45, 2.75) is 23.6 Å². The Morgan fingerprint density at radius 1 is 1.12 bits per heavy atom.